The van der Waals surface area contributed by atoms with Gasteiger partial charge in [0.15, 0.2) is 5.13 Å². The van der Waals surface area contributed by atoms with E-state index in [0.717, 1.165) is 39.3 Å². The number of nitrogens with zero attached hydrogens (tertiary/aromatic N) is 6. The fraction of sp³-hybridized carbons (Fsp3) is 0.552. The number of piperidine rings is 1. The highest BCUT2D eigenvalue weighted by atomic mass is 35.5. The lowest BCUT2D eigenvalue weighted by atomic mass is 10.0. The first kappa shape index (κ1) is 32.0. The number of hydrogen-bond acceptors (Lipinski definition) is 12. The summed E-state index contributed by atoms with van der Waals surface area (Å²) in [5.74, 6) is -0.136. The van der Waals surface area contributed by atoms with Crippen molar-refractivity contribution in [2.24, 2.45) is 0 Å². The predicted octanol–water partition coefficient (Wildman–Crippen LogP) is 3.16. The molecule has 16 heteroatoms. The molecule has 2 bridgehead atoms. The summed E-state index contributed by atoms with van der Waals surface area (Å²) in [6, 6.07) is 0.178. The Hall–Kier alpha value is -3.01. The standard InChI is InChI=1S/C29H37Cl2N9O4S/c1-4-44-28(42)26-24(19-12-34-21(13-32-19)33-11-17-14-38-7-9-39(17)10-8-38)37-29(45-26)40-6-5-18(20(15-40)43-3)36-27(41)25-23(31)22(30)16(2)35-25/h12-13,17-18,20,35H,4-11,14-15H2,1-3H3,(H,33,34)(H,36,41)/t17?,18-,20?/m1/s1. The Morgan fingerprint density at radius 1 is 1.11 bits per heavy atom. The normalized spacial score (nSPS) is 24.5. The van der Waals surface area contributed by atoms with Crippen molar-refractivity contribution in [2.75, 3.05) is 76.3 Å². The summed E-state index contributed by atoms with van der Waals surface area (Å²) in [7, 11) is 1.60. The van der Waals surface area contributed by atoms with Gasteiger partial charge in [-0.1, -0.05) is 34.5 Å². The van der Waals surface area contributed by atoms with Crippen LogP contribution in [0.4, 0.5) is 10.9 Å². The van der Waals surface area contributed by atoms with Gasteiger partial charge in [-0.2, -0.15) is 0 Å². The van der Waals surface area contributed by atoms with Crippen molar-refractivity contribution in [3.8, 4) is 11.4 Å². The van der Waals surface area contributed by atoms with E-state index in [4.69, 9.17) is 37.7 Å². The number of rotatable bonds is 10. The van der Waals surface area contributed by atoms with Crippen LogP contribution in [0.25, 0.3) is 11.4 Å². The van der Waals surface area contributed by atoms with Gasteiger partial charge in [0.2, 0.25) is 0 Å². The second-order valence-electron chi connectivity index (χ2n) is 11.4. The molecule has 3 aromatic heterocycles. The topological polar surface area (TPSA) is 141 Å². The number of anilines is 2. The number of carbonyl (C=O) groups excluding carboxylic acids is 2. The third-order valence-corrected chi connectivity index (χ3v) is 10.7. The van der Waals surface area contributed by atoms with Crippen LogP contribution in [0.1, 0.15) is 39.2 Å². The van der Waals surface area contributed by atoms with E-state index < -0.39 is 5.97 Å². The van der Waals surface area contributed by atoms with Gasteiger partial charge < -0.3 is 30.0 Å². The van der Waals surface area contributed by atoms with Gasteiger partial charge in [-0.05, 0) is 20.3 Å². The van der Waals surface area contributed by atoms with Crippen LogP contribution in [0.3, 0.4) is 0 Å². The minimum atomic E-state index is -0.459. The Kier molecular flexibility index (Phi) is 9.78. The van der Waals surface area contributed by atoms with Gasteiger partial charge in [-0.3, -0.25) is 14.6 Å². The Balaban J connectivity index is 1.14. The van der Waals surface area contributed by atoms with E-state index >= 15 is 0 Å². The van der Waals surface area contributed by atoms with E-state index in [1.807, 2.05) is 4.90 Å². The molecule has 7 rings (SSSR count). The average molecular weight is 679 g/mol. The molecule has 0 saturated carbocycles. The molecule has 2 unspecified atom stereocenters. The smallest absolute Gasteiger partial charge is 0.350 e. The minimum Gasteiger partial charge on any atom is -0.462 e. The summed E-state index contributed by atoms with van der Waals surface area (Å²) in [6.07, 6.45) is 3.55. The molecule has 0 aliphatic carbocycles. The number of nitrogens with one attached hydrogen (secondary N) is 3. The molecule has 3 aromatic rings. The van der Waals surface area contributed by atoms with Crippen molar-refractivity contribution >= 4 is 57.4 Å². The van der Waals surface area contributed by atoms with Crippen LogP contribution in [0.5, 0.6) is 0 Å². The molecule has 4 aliphatic rings. The number of carbonyl (C=O) groups is 2. The van der Waals surface area contributed by atoms with Crippen molar-refractivity contribution in [2.45, 2.75) is 38.5 Å². The van der Waals surface area contributed by atoms with Crippen LogP contribution in [0.15, 0.2) is 12.4 Å². The van der Waals surface area contributed by atoms with E-state index in [2.05, 4.69) is 35.4 Å². The van der Waals surface area contributed by atoms with Crippen LogP contribution in [-0.2, 0) is 9.47 Å². The van der Waals surface area contributed by atoms with Crippen molar-refractivity contribution in [1.82, 2.24) is 35.1 Å². The highest BCUT2D eigenvalue weighted by Crippen LogP contribution is 2.35. The number of methoxy groups -OCH3 is 1. The highest BCUT2D eigenvalue weighted by molar-refractivity contribution is 7.17. The maximum atomic E-state index is 13.0. The number of H-pyrrole nitrogens is 1. The van der Waals surface area contributed by atoms with Gasteiger partial charge in [0.25, 0.3) is 5.91 Å². The van der Waals surface area contributed by atoms with Gasteiger partial charge in [0, 0.05) is 71.2 Å². The zero-order valence-electron chi connectivity index (χ0n) is 25.4. The quantitative estimate of drug-likeness (QED) is 0.273. The number of amides is 1. The summed E-state index contributed by atoms with van der Waals surface area (Å²) >= 11 is 13.7. The first-order chi connectivity index (χ1) is 21.7. The number of aromatic amines is 1. The number of aryl methyl sites for hydroxylation is 1. The molecule has 3 atom stereocenters. The summed E-state index contributed by atoms with van der Waals surface area (Å²) in [4.78, 5) is 50.4. The molecule has 7 heterocycles. The molecule has 4 saturated heterocycles. The first-order valence-corrected chi connectivity index (χ1v) is 16.7. The number of halogens is 2. The number of esters is 1. The highest BCUT2D eigenvalue weighted by Gasteiger charge is 2.35. The second-order valence-corrected chi connectivity index (χ2v) is 13.1. The van der Waals surface area contributed by atoms with Crippen molar-refractivity contribution in [3.63, 3.8) is 0 Å². The largest absolute Gasteiger partial charge is 0.462 e. The molecular formula is C29H37Cl2N9O4S. The summed E-state index contributed by atoms with van der Waals surface area (Å²) < 4.78 is 11.1. The molecule has 0 spiro atoms. The second kappa shape index (κ2) is 13.8. The lowest BCUT2D eigenvalue weighted by molar-refractivity contribution is 0.0189. The molecule has 3 N–H and O–H groups in total. The molecule has 13 nitrogen and oxygen atoms in total. The van der Waals surface area contributed by atoms with Crippen LogP contribution in [0.2, 0.25) is 10.0 Å². The van der Waals surface area contributed by atoms with Crippen molar-refractivity contribution in [1.29, 1.82) is 0 Å². The fourth-order valence-corrected chi connectivity index (χ4v) is 7.52. The fourth-order valence-electron chi connectivity index (χ4n) is 6.10. The molecule has 45 heavy (non-hydrogen) atoms. The van der Waals surface area contributed by atoms with Crippen LogP contribution in [-0.4, -0.2) is 126 Å². The first-order valence-electron chi connectivity index (χ1n) is 15.1. The lowest BCUT2D eigenvalue weighted by Gasteiger charge is -2.47. The van der Waals surface area contributed by atoms with E-state index in [1.54, 1.807) is 33.4 Å². The molecule has 0 aromatic carbocycles. The average Bonchev–Trinajstić information content (AvgIpc) is 3.62. The van der Waals surface area contributed by atoms with E-state index in [0.29, 0.717) is 63.5 Å². The van der Waals surface area contributed by atoms with Crippen LogP contribution < -0.4 is 15.5 Å². The van der Waals surface area contributed by atoms with Crippen LogP contribution in [0, 0.1) is 6.92 Å². The Bertz CT molecular complexity index is 1530. The Morgan fingerprint density at radius 3 is 2.53 bits per heavy atom. The Labute approximate surface area is 275 Å². The molecule has 1 amide bonds. The number of fused-ring (bicyclic) bond motifs is 3. The van der Waals surface area contributed by atoms with Gasteiger partial charge in [0.1, 0.15) is 27.8 Å². The van der Waals surface area contributed by atoms with Crippen molar-refractivity contribution in [3.05, 3.63) is 38.7 Å². The maximum absolute atomic E-state index is 13.0. The number of hydrogen-bond donors (Lipinski definition) is 3. The zero-order valence-corrected chi connectivity index (χ0v) is 27.8. The molecular weight excluding hydrogens is 641 g/mol. The van der Waals surface area contributed by atoms with Crippen LogP contribution >= 0.6 is 34.5 Å². The number of thiazole rings is 1. The third-order valence-electron chi connectivity index (χ3n) is 8.61. The molecule has 0 radical (unpaired) electrons. The molecule has 4 aliphatic heterocycles. The van der Waals surface area contributed by atoms with E-state index in [9.17, 15) is 9.59 Å². The van der Waals surface area contributed by atoms with Gasteiger partial charge in [-0.15, -0.1) is 0 Å². The summed E-state index contributed by atoms with van der Waals surface area (Å²) in [6.45, 7) is 11.1. The number of aromatic nitrogens is 4. The van der Waals surface area contributed by atoms with E-state index in [1.165, 1.54) is 11.3 Å². The van der Waals surface area contributed by atoms with E-state index in [-0.39, 0.29) is 35.4 Å². The summed E-state index contributed by atoms with van der Waals surface area (Å²) in [5.41, 5.74) is 1.76. The van der Waals surface area contributed by atoms with Gasteiger partial charge in [-0.25, -0.2) is 19.7 Å². The zero-order chi connectivity index (χ0) is 31.7. The molecule has 4 fully saturated rings. The SMILES string of the molecule is CCOC(=O)c1sc(N2CC[C@@H](NC(=O)c3[nH]c(C)c(Cl)c3Cl)C(OC)C2)nc1-c1cnc(NCC2CN3CCN2CC3)cn1. The van der Waals surface area contributed by atoms with Gasteiger partial charge in [0.05, 0.1) is 41.2 Å². The predicted molar refractivity (Wildman–Crippen MR) is 174 cm³/mol. The van der Waals surface area contributed by atoms with Gasteiger partial charge >= 0.3 is 5.97 Å². The maximum Gasteiger partial charge on any atom is 0.350 e. The minimum absolute atomic E-state index is 0.194. The van der Waals surface area contributed by atoms with Crippen molar-refractivity contribution < 1.29 is 19.1 Å². The number of ether oxygens (including phenoxy) is 2. The summed E-state index contributed by atoms with van der Waals surface area (Å²) in [5, 5.41) is 7.60. The monoisotopic (exact) mass is 677 g/mol. The third kappa shape index (κ3) is 6.76. The number of piperazine rings is 3. The Morgan fingerprint density at radius 2 is 1.91 bits per heavy atom. The molecule has 242 valence electrons. The lowest BCUT2D eigenvalue weighted by Crippen LogP contribution is -2.62.